The minimum Gasteiger partial charge on any atom is -0.496 e. The number of carbonyl (C=O) groups excluding carboxylic acids is 1. The molecular formula is C17H18BrNO7S. The minimum absolute atomic E-state index is 0.00793. The Morgan fingerprint density at radius 2 is 1.52 bits per heavy atom. The SMILES string of the molecule is COC(=O)c1cc(OC)c(OC)cc1NS(=O)(=O)c1ccc(OC)c(Br)c1. The Bertz CT molecular complexity index is 960. The maximum atomic E-state index is 12.8. The van der Waals surface area contributed by atoms with Crippen molar-refractivity contribution in [3.05, 3.63) is 40.4 Å². The second-order valence-electron chi connectivity index (χ2n) is 5.15. The molecule has 0 aromatic heterocycles. The van der Waals surface area contributed by atoms with Crippen LogP contribution in [0, 0.1) is 0 Å². The number of sulfonamides is 1. The fraction of sp³-hybridized carbons (Fsp3) is 0.235. The third-order valence-corrected chi connectivity index (χ3v) is 5.59. The molecule has 0 saturated carbocycles. The number of anilines is 1. The van der Waals surface area contributed by atoms with Crippen molar-refractivity contribution >= 4 is 37.6 Å². The van der Waals surface area contributed by atoms with Gasteiger partial charge in [0.15, 0.2) is 11.5 Å². The van der Waals surface area contributed by atoms with Crippen LogP contribution in [-0.4, -0.2) is 42.8 Å². The lowest BCUT2D eigenvalue weighted by molar-refractivity contribution is 0.0601. The largest absolute Gasteiger partial charge is 0.496 e. The molecule has 0 atom stereocenters. The molecule has 0 aliphatic carbocycles. The molecule has 0 aliphatic rings. The van der Waals surface area contributed by atoms with Gasteiger partial charge in [-0.05, 0) is 34.1 Å². The molecule has 2 aromatic carbocycles. The first kappa shape index (κ1) is 20.8. The van der Waals surface area contributed by atoms with Crippen LogP contribution in [0.25, 0.3) is 0 Å². The summed E-state index contributed by atoms with van der Waals surface area (Å²) in [6, 6.07) is 6.96. The molecule has 0 amide bonds. The monoisotopic (exact) mass is 459 g/mol. The van der Waals surface area contributed by atoms with Gasteiger partial charge >= 0.3 is 5.97 Å². The number of ether oxygens (including phenoxy) is 4. The number of methoxy groups -OCH3 is 4. The smallest absolute Gasteiger partial charge is 0.340 e. The lowest BCUT2D eigenvalue weighted by Gasteiger charge is -2.16. The van der Waals surface area contributed by atoms with Crippen LogP contribution in [-0.2, 0) is 14.8 Å². The summed E-state index contributed by atoms with van der Waals surface area (Å²) < 4.78 is 48.6. The number of benzene rings is 2. The number of hydrogen-bond acceptors (Lipinski definition) is 7. The highest BCUT2D eigenvalue weighted by molar-refractivity contribution is 9.10. The molecule has 0 saturated heterocycles. The Hall–Kier alpha value is -2.46. The molecule has 0 aliphatic heterocycles. The van der Waals surface area contributed by atoms with Gasteiger partial charge in [-0.15, -0.1) is 0 Å². The first-order valence-electron chi connectivity index (χ1n) is 7.48. The summed E-state index contributed by atoms with van der Waals surface area (Å²) in [6.07, 6.45) is 0. The zero-order valence-corrected chi connectivity index (χ0v) is 17.4. The second kappa shape index (κ2) is 8.49. The van der Waals surface area contributed by atoms with E-state index in [-0.39, 0.29) is 27.6 Å². The third-order valence-electron chi connectivity index (χ3n) is 3.61. The standard InChI is InChI=1S/C17H18BrNO7S/c1-23-14-6-5-10(7-12(14)18)27(21,22)19-13-9-16(25-3)15(24-2)8-11(13)17(20)26-4/h5-9,19H,1-4H3. The molecule has 2 aromatic rings. The quantitative estimate of drug-likeness (QED) is 0.634. The number of carbonyl (C=O) groups is 1. The first-order valence-corrected chi connectivity index (χ1v) is 9.75. The van der Waals surface area contributed by atoms with Gasteiger partial charge in [0.2, 0.25) is 0 Å². The van der Waals surface area contributed by atoms with Crippen LogP contribution in [0.15, 0.2) is 39.7 Å². The highest BCUT2D eigenvalue weighted by Gasteiger charge is 2.23. The summed E-state index contributed by atoms with van der Waals surface area (Å²) in [6.45, 7) is 0. The van der Waals surface area contributed by atoms with E-state index in [0.717, 1.165) is 0 Å². The normalized spacial score (nSPS) is 10.9. The van der Waals surface area contributed by atoms with Crippen LogP contribution >= 0.6 is 15.9 Å². The summed E-state index contributed by atoms with van der Waals surface area (Å²) in [7, 11) is 1.45. The van der Waals surface area contributed by atoms with Crippen molar-refractivity contribution in [2.75, 3.05) is 33.2 Å². The number of halogens is 1. The molecule has 0 radical (unpaired) electrons. The molecule has 0 spiro atoms. The van der Waals surface area contributed by atoms with Crippen molar-refractivity contribution in [3.8, 4) is 17.2 Å². The van der Waals surface area contributed by atoms with Crippen molar-refractivity contribution in [1.29, 1.82) is 0 Å². The lowest BCUT2D eigenvalue weighted by atomic mass is 10.1. The Balaban J connectivity index is 2.53. The predicted molar refractivity (Wildman–Crippen MR) is 102 cm³/mol. The number of hydrogen-bond donors (Lipinski definition) is 1. The van der Waals surface area contributed by atoms with Gasteiger partial charge < -0.3 is 18.9 Å². The van der Waals surface area contributed by atoms with Crippen molar-refractivity contribution in [3.63, 3.8) is 0 Å². The number of rotatable bonds is 7. The van der Waals surface area contributed by atoms with E-state index < -0.39 is 16.0 Å². The highest BCUT2D eigenvalue weighted by atomic mass is 79.9. The summed E-state index contributed by atoms with van der Waals surface area (Å²) in [4.78, 5) is 12.1. The molecule has 10 heteroatoms. The fourth-order valence-electron chi connectivity index (χ4n) is 2.26. The van der Waals surface area contributed by atoms with E-state index >= 15 is 0 Å². The van der Waals surface area contributed by atoms with Gasteiger partial charge in [0.1, 0.15) is 5.75 Å². The van der Waals surface area contributed by atoms with E-state index in [9.17, 15) is 13.2 Å². The molecular weight excluding hydrogens is 442 g/mol. The zero-order valence-electron chi connectivity index (χ0n) is 15.0. The maximum Gasteiger partial charge on any atom is 0.340 e. The van der Waals surface area contributed by atoms with E-state index in [1.807, 2.05) is 0 Å². The molecule has 146 valence electrons. The van der Waals surface area contributed by atoms with Crippen LogP contribution in [0.4, 0.5) is 5.69 Å². The minimum atomic E-state index is -4.01. The van der Waals surface area contributed by atoms with Crippen LogP contribution < -0.4 is 18.9 Å². The molecule has 0 unspecified atom stereocenters. The van der Waals surface area contributed by atoms with Crippen LogP contribution in [0.1, 0.15) is 10.4 Å². The molecule has 0 heterocycles. The van der Waals surface area contributed by atoms with Crippen molar-refractivity contribution in [1.82, 2.24) is 0 Å². The van der Waals surface area contributed by atoms with Crippen LogP contribution in [0.5, 0.6) is 17.2 Å². The van der Waals surface area contributed by atoms with Crippen LogP contribution in [0.2, 0.25) is 0 Å². The van der Waals surface area contributed by atoms with Gasteiger partial charge in [-0.1, -0.05) is 0 Å². The third kappa shape index (κ3) is 4.45. The van der Waals surface area contributed by atoms with Crippen molar-refractivity contribution in [2.24, 2.45) is 0 Å². The van der Waals surface area contributed by atoms with Crippen molar-refractivity contribution in [2.45, 2.75) is 4.90 Å². The van der Waals surface area contributed by atoms with E-state index in [1.165, 1.54) is 58.8 Å². The van der Waals surface area contributed by atoms with E-state index in [2.05, 4.69) is 20.7 Å². The molecule has 2 rings (SSSR count). The topological polar surface area (TPSA) is 100 Å². The van der Waals surface area contributed by atoms with E-state index in [4.69, 9.17) is 18.9 Å². The summed E-state index contributed by atoms with van der Waals surface area (Å²) in [5.41, 5.74) is -0.0299. The first-order chi connectivity index (χ1) is 12.8. The van der Waals surface area contributed by atoms with Gasteiger partial charge in [0.05, 0.1) is 49.1 Å². The molecule has 1 N–H and O–H groups in total. The fourth-order valence-corrected chi connectivity index (χ4v) is 4.05. The lowest BCUT2D eigenvalue weighted by Crippen LogP contribution is -2.16. The average molecular weight is 460 g/mol. The molecule has 0 bridgehead atoms. The molecule has 8 nitrogen and oxygen atoms in total. The van der Waals surface area contributed by atoms with Gasteiger partial charge in [-0.25, -0.2) is 13.2 Å². The average Bonchev–Trinajstić information content (AvgIpc) is 2.66. The Kier molecular flexibility index (Phi) is 6.55. The number of esters is 1. The Morgan fingerprint density at radius 3 is 2.04 bits per heavy atom. The summed E-state index contributed by atoms with van der Waals surface area (Å²) >= 11 is 3.25. The van der Waals surface area contributed by atoms with Gasteiger partial charge in [-0.3, -0.25) is 4.72 Å². The highest BCUT2D eigenvalue weighted by Crippen LogP contribution is 2.35. The van der Waals surface area contributed by atoms with E-state index in [0.29, 0.717) is 10.2 Å². The van der Waals surface area contributed by atoms with Gasteiger partial charge in [0, 0.05) is 12.1 Å². The summed E-state index contributed by atoms with van der Waals surface area (Å²) in [5, 5.41) is 0. The molecule has 27 heavy (non-hydrogen) atoms. The van der Waals surface area contributed by atoms with Gasteiger partial charge in [0.25, 0.3) is 10.0 Å². The maximum absolute atomic E-state index is 12.8. The Labute approximate surface area is 165 Å². The van der Waals surface area contributed by atoms with E-state index in [1.54, 1.807) is 0 Å². The Morgan fingerprint density at radius 1 is 0.926 bits per heavy atom. The zero-order chi connectivity index (χ0) is 20.2. The summed E-state index contributed by atoms with van der Waals surface area (Å²) in [5.74, 6) is 0.256. The predicted octanol–water partition coefficient (Wildman–Crippen LogP) is 3.06. The second-order valence-corrected chi connectivity index (χ2v) is 7.68. The number of nitrogens with one attached hydrogen (secondary N) is 1. The van der Waals surface area contributed by atoms with Gasteiger partial charge in [-0.2, -0.15) is 0 Å². The van der Waals surface area contributed by atoms with Crippen LogP contribution in [0.3, 0.4) is 0 Å². The molecule has 0 fully saturated rings. The van der Waals surface area contributed by atoms with Crippen molar-refractivity contribution < 1.29 is 32.2 Å².